The Kier molecular flexibility index (Phi) is 6.46. The van der Waals surface area contributed by atoms with Crippen molar-refractivity contribution in [2.24, 2.45) is 0 Å². The molecule has 0 bridgehead atoms. The van der Waals surface area contributed by atoms with E-state index in [1.807, 2.05) is 0 Å². The molecule has 0 radical (unpaired) electrons. The maximum atomic E-state index is 14.1. The third kappa shape index (κ3) is 4.26. The number of anilines is 1. The SMILES string of the molecule is O=C(O)c1c(N(Cc2c(F)cccc2F)C(=O)O)sc(-c2ccc([N+](=O)[O-])cc2)c1CO. The van der Waals surface area contributed by atoms with Crippen molar-refractivity contribution in [3.05, 3.63) is 80.9 Å². The number of thiophene rings is 1. The minimum atomic E-state index is -1.67. The quantitative estimate of drug-likeness (QED) is 0.346. The van der Waals surface area contributed by atoms with Crippen molar-refractivity contribution in [2.75, 3.05) is 4.90 Å². The van der Waals surface area contributed by atoms with Crippen LogP contribution in [-0.2, 0) is 13.2 Å². The van der Waals surface area contributed by atoms with E-state index >= 15 is 0 Å². The van der Waals surface area contributed by atoms with E-state index in [9.17, 15) is 43.8 Å². The molecule has 0 atom stereocenters. The molecule has 0 aliphatic carbocycles. The van der Waals surface area contributed by atoms with Crippen LogP contribution in [0.25, 0.3) is 10.4 Å². The predicted molar refractivity (Wildman–Crippen MR) is 110 cm³/mol. The van der Waals surface area contributed by atoms with Gasteiger partial charge in [-0.1, -0.05) is 6.07 Å². The van der Waals surface area contributed by atoms with E-state index in [0.717, 1.165) is 18.2 Å². The number of carboxylic acids is 1. The highest BCUT2D eigenvalue weighted by Gasteiger charge is 2.31. The summed E-state index contributed by atoms with van der Waals surface area (Å²) in [5.41, 5.74) is -1.20. The smallest absolute Gasteiger partial charge is 0.412 e. The van der Waals surface area contributed by atoms with Gasteiger partial charge in [0.1, 0.15) is 22.2 Å². The zero-order valence-corrected chi connectivity index (χ0v) is 16.8. The number of halogens is 2. The Morgan fingerprint density at radius 1 is 1.03 bits per heavy atom. The number of nitrogens with zero attached hydrogens (tertiary/aromatic N) is 2. The van der Waals surface area contributed by atoms with Crippen LogP contribution in [0.4, 0.5) is 24.3 Å². The highest BCUT2D eigenvalue weighted by atomic mass is 32.1. The first-order chi connectivity index (χ1) is 15.1. The van der Waals surface area contributed by atoms with Crippen LogP contribution in [0.5, 0.6) is 0 Å². The maximum absolute atomic E-state index is 14.1. The molecule has 9 nitrogen and oxygen atoms in total. The molecule has 0 fully saturated rings. The number of nitro groups is 1. The Morgan fingerprint density at radius 2 is 1.62 bits per heavy atom. The van der Waals surface area contributed by atoms with Crippen molar-refractivity contribution in [1.29, 1.82) is 0 Å². The number of nitro benzene ring substituents is 1. The van der Waals surface area contributed by atoms with E-state index in [0.29, 0.717) is 21.8 Å². The number of hydrogen-bond acceptors (Lipinski definition) is 6. The van der Waals surface area contributed by atoms with Gasteiger partial charge in [-0.2, -0.15) is 0 Å². The van der Waals surface area contributed by atoms with E-state index in [1.165, 1.54) is 24.3 Å². The summed E-state index contributed by atoms with van der Waals surface area (Å²) in [4.78, 5) is 34.7. The van der Waals surface area contributed by atoms with Gasteiger partial charge in [-0.25, -0.2) is 18.4 Å². The second-order valence-corrected chi connectivity index (χ2v) is 7.43. The minimum absolute atomic E-state index is 0.133. The molecule has 32 heavy (non-hydrogen) atoms. The summed E-state index contributed by atoms with van der Waals surface area (Å²) in [5.74, 6) is -3.58. The van der Waals surface area contributed by atoms with Crippen LogP contribution in [0, 0.1) is 21.7 Å². The van der Waals surface area contributed by atoms with Gasteiger partial charge in [-0.05, 0) is 29.8 Å². The fourth-order valence-electron chi connectivity index (χ4n) is 3.05. The van der Waals surface area contributed by atoms with Crippen LogP contribution in [-0.4, -0.2) is 32.3 Å². The molecule has 0 aliphatic rings. The Bertz CT molecular complexity index is 1190. The molecule has 0 saturated carbocycles. The molecule has 166 valence electrons. The van der Waals surface area contributed by atoms with Gasteiger partial charge < -0.3 is 15.3 Å². The summed E-state index contributed by atoms with van der Waals surface area (Å²) in [6.45, 7) is -1.61. The van der Waals surface area contributed by atoms with E-state index in [2.05, 4.69) is 0 Å². The van der Waals surface area contributed by atoms with Gasteiger partial charge in [0.05, 0.1) is 18.1 Å². The van der Waals surface area contributed by atoms with Gasteiger partial charge in [-0.15, -0.1) is 11.3 Å². The number of carboxylic acid groups (broad SMARTS) is 2. The molecule has 0 aliphatic heterocycles. The molecule has 1 aromatic heterocycles. The van der Waals surface area contributed by atoms with Crippen LogP contribution >= 0.6 is 11.3 Å². The Balaban J connectivity index is 2.18. The zero-order valence-electron chi connectivity index (χ0n) is 16.0. The maximum Gasteiger partial charge on any atom is 0.412 e. The predicted octanol–water partition coefficient (Wildman–Crippen LogP) is 4.48. The molecule has 2 aromatic carbocycles. The zero-order chi connectivity index (χ0) is 23.6. The number of aliphatic hydroxyl groups is 1. The Morgan fingerprint density at radius 3 is 2.09 bits per heavy atom. The number of rotatable bonds is 7. The molecule has 0 unspecified atom stereocenters. The molecule has 3 rings (SSSR count). The van der Waals surface area contributed by atoms with Crippen LogP contribution in [0.1, 0.15) is 21.5 Å². The van der Waals surface area contributed by atoms with Crippen molar-refractivity contribution in [3.63, 3.8) is 0 Å². The van der Waals surface area contributed by atoms with Gasteiger partial charge in [0.2, 0.25) is 0 Å². The normalized spacial score (nSPS) is 10.7. The monoisotopic (exact) mass is 464 g/mol. The summed E-state index contributed by atoms with van der Waals surface area (Å²) in [6.07, 6.45) is -1.67. The fourth-order valence-corrected chi connectivity index (χ4v) is 4.35. The third-order valence-corrected chi connectivity index (χ3v) is 5.86. The summed E-state index contributed by atoms with van der Waals surface area (Å²) >= 11 is 0.663. The van der Waals surface area contributed by atoms with E-state index < -0.39 is 52.9 Å². The summed E-state index contributed by atoms with van der Waals surface area (Å²) in [6, 6.07) is 7.95. The molecule has 3 aromatic rings. The van der Waals surface area contributed by atoms with Gasteiger partial charge in [-0.3, -0.25) is 15.0 Å². The molecule has 1 amide bonds. The number of benzene rings is 2. The van der Waals surface area contributed by atoms with E-state index in [1.54, 1.807) is 0 Å². The van der Waals surface area contributed by atoms with Crippen molar-refractivity contribution in [2.45, 2.75) is 13.2 Å². The summed E-state index contributed by atoms with van der Waals surface area (Å²) in [5, 5.41) is 39.7. The van der Waals surface area contributed by atoms with Crippen molar-refractivity contribution < 1.29 is 38.6 Å². The molecule has 3 N–H and O–H groups in total. The minimum Gasteiger partial charge on any atom is -0.478 e. The lowest BCUT2D eigenvalue weighted by atomic mass is 10.1. The summed E-state index contributed by atoms with van der Waals surface area (Å²) < 4.78 is 28.2. The van der Waals surface area contributed by atoms with Crippen LogP contribution in [0.3, 0.4) is 0 Å². The third-order valence-electron chi connectivity index (χ3n) is 4.55. The number of carbonyl (C=O) groups is 2. The van der Waals surface area contributed by atoms with Crippen LogP contribution < -0.4 is 4.90 Å². The van der Waals surface area contributed by atoms with Gasteiger partial charge >= 0.3 is 12.1 Å². The highest BCUT2D eigenvalue weighted by Crippen LogP contribution is 2.43. The first-order valence-corrected chi connectivity index (χ1v) is 9.65. The van der Waals surface area contributed by atoms with E-state index in [4.69, 9.17) is 0 Å². The standard InChI is InChI=1S/C20H14F2N2O7S/c21-14-2-1-3-15(22)12(14)8-23(20(28)29)18-16(19(26)27)13(9-25)17(32-18)10-4-6-11(7-5-10)24(30)31/h1-7,25H,8-9H2,(H,26,27)(H,28,29). The fraction of sp³-hybridized carbons (Fsp3) is 0.100. The van der Waals surface area contributed by atoms with Crippen molar-refractivity contribution in [3.8, 4) is 10.4 Å². The molecular formula is C20H14F2N2O7S. The second kappa shape index (κ2) is 9.08. The average molecular weight is 464 g/mol. The molecule has 12 heteroatoms. The summed E-state index contributed by atoms with van der Waals surface area (Å²) in [7, 11) is 0. The van der Waals surface area contributed by atoms with Crippen molar-refractivity contribution >= 4 is 34.1 Å². The number of aliphatic hydroxyl groups excluding tert-OH is 1. The van der Waals surface area contributed by atoms with Crippen LogP contribution in [0.2, 0.25) is 0 Å². The van der Waals surface area contributed by atoms with Gasteiger partial charge in [0.15, 0.2) is 0 Å². The second-order valence-electron chi connectivity index (χ2n) is 6.43. The topological polar surface area (TPSA) is 141 Å². The van der Waals surface area contributed by atoms with Crippen molar-refractivity contribution in [1.82, 2.24) is 0 Å². The number of hydrogen-bond donors (Lipinski definition) is 3. The van der Waals surface area contributed by atoms with Gasteiger partial charge in [0, 0.05) is 28.1 Å². The largest absolute Gasteiger partial charge is 0.478 e. The molecule has 0 spiro atoms. The average Bonchev–Trinajstić information content (AvgIpc) is 3.12. The van der Waals surface area contributed by atoms with E-state index in [-0.39, 0.29) is 21.1 Å². The van der Waals surface area contributed by atoms with Gasteiger partial charge in [0.25, 0.3) is 5.69 Å². The lowest BCUT2D eigenvalue weighted by molar-refractivity contribution is -0.384. The highest BCUT2D eigenvalue weighted by molar-refractivity contribution is 7.20. The first kappa shape index (κ1) is 22.8. The Labute approximate surface area is 182 Å². The Hall–Kier alpha value is -3.90. The lowest BCUT2D eigenvalue weighted by Gasteiger charge is -2.19. The molecule has 1 heterocycles. The number of non-ortho nitro benzene ring substituents is 1. The molecular weight excluding hydrogens is 450 g/mol. The van der Waals surface area contributed by atoms with Crippen LogP contribution in [0.15, 0.2) is 42.5 Å². The first-order valence-electron chi connectivity index (χ1n) is 8.83. The number of aromatic carboxylic acids is 1. The number of amides is 1. The lowest BCUT2D eigenvalue weighted by Crippen LogP contribution is -2.30. The molecule has 0 saturated heterocycles.